The average molecular weight is 531 g/mol. The highest BCUT2D eigenvalue weighted by Crippen LogP contribution is 2.40. The molecule has 4 aromatic rings. The van der Waals surface area contributed by atoms with Gasteiger partial charge in [0.05, 0.1) is 22.8 Å². The molecule has 38 heavy (non-hydrogen) atoms. The van der Waals surface area contributed by atoms with Gasteiger partial charge in [0.1, 0.15) is 5.82 Å². The van der Waals surface area contributed by atoms with Gasteiger partial charge in [-0.1, -0.05) is 36.4 Å². The normalized spacial score (nSPS) is 19.0. The topological polar surface area (TPSA) is 106 Å². The maximum absolute atomic E-state index is 12.7. The Morgan fingerprint density at radius 2 is 1.71 bits per heavy atom. The Balaban J connectivity index is 1.21. The summed E-state index contributed by atoms with van der Waals surface area (Å²) in [6.45, 7) is 2.19. The van der Waals surface area contributed by atoms with E-state index in [0.29, 0.717) is 5.75 Å². The maximum Gasteiger partial charge on any atom is 0.231 e. The van der Waals surface area contributed by atoms with Crippen LogP contribution in [0, 0.1) is 6.92 Å². The molecule has 1 aliphatic heterocycles. The van der Waals surface area contributed by atoms with Crippen LogP contribution in [-0.2, 0) is 15.8 Å². The summed E-state index contributed by atoms with van der Waals surface area (Å²) in [6.07, 6.45) is 3.20. The van der Waals surface area contributed by atoms with E-state index in [4.69, 9.17) is 19.4 Å². The Hall–Kier alpha value is -3.69. The fourth-order valence-corrected chi connectivity index (χ4v) is 6.74. The molecule has 6 rings (SSSR count). The lowest BCUT2D eigenvalue weighted by Gasteiger charge is -2.28. The highest BCUT2D eigenvalue weighted by atomic mass is 32.2. The van der Waals surface area contributed by atoms with Gasteiger partial charge >= 0.3 is 0 Å². The van der Waals surface area contributed by atoms with Crippen LogP contribution in [-0.4, -0.2) is 36.2 Å². The number of aromatic amines is 1. The van der Waals surface area contributed by atoms with E-state index in [1.807, 2.05) is 73.7 Å². The summed E-state index contributed by atoms with van der Waals surface area (Å²) < 4.78 is 39.5. The smallest absolute Gasteiger partial charge is 0.231 e. The van der Waals surface area contributed by atoms with Gasteiger partial charge in [-0.15, -0.1) is 0 Å². The fraction of sp³-hybridized carbons (Fsp3) is 0.310. The van der Waals surface area contributed by atoms with Gasteiger partial charge in [0.25, 0.3) is 0 Å². The van der Waals surface area contributed by atoms with Gasteiger partial charge in [0.2, 0.25) is 16.8 Å². The molecule has 2 aromatic heterocycles. The predicted molar refractivity (Wildman–Crippen MR) is 145 cm³/mol. The van der Waals surface area contributed by atoms with Crippen LogP contribution >= 0.6 is 0 Å². The number of nitrogens with zero attached hydrogens (tertiary/aromatic N) is 2. The second kappa shape index (κ2) is 10.2. The minimum atomic E-state index is -3.40. The number of sulfonamides is 1. The number of aryl methyl sites for hydroxylation is 1. The zero-order chi connectivity index (χ0) is 26.1. The van der Waals surface area contributed by atoms with E-state index in [2.05, 4.69) is 9.71 Å². The van der Waals surface area contributed by atoms with Gasteiger partial charge in [-0.2, -0.15) is 0 Å². The lowest BCUT2D eigenvalue weighted by Crippen LogP contribution is -2.38. The third-order valence-corrected chi connectivity index (χ3v) is 8.58. The van der Waals surface area contributed by atoms with Crippen LogP contribution in [0.15, 0.2) is 66.7 Å². The second-order valence-corrected chi connectivity index (χ2v) is 11.7. The van der Waals surface area contributed by atoms with Gasteiger partial charge in [0, 0.05) is 23.2 Å². The summed E-state index contributed by atoms with van der Waals surface area (Å²) in [6, 6.07) is 21.0. The molecule has 3 heterocycles. The Morgan fingerprint density at radius 1 is 0.921 bits per heavy atom. The van der Waals surface area contributed by atoms with Crippen LogP contribution in [0.25, 0.3) is 22.6 Å². The summed E-state index contributed by atoms with van der Waals surface area (Å²) in [5, 5.41) is 0. The zero-order valence-electron chi connectivity index (χ0n) is 21.2. The van der Waals surface area contributed by atoms with Crippen LogP contribution in [0.2, 0.25) is 0 Å². The number of ether oxygens (including phenoxy) is 2. The number of imidazole rings is 1. The predicted octanol–water partition coefficient (Wildman–Crippen LogP) is 5.32. The van der Waals surface area contributed by atoms with Gasteiger partial charge in [0.15, 0.2) is 11.5 Å². The largest absolute Gasteiger partial charge is 0.454 e. The van der Waals surface area contributed by atoms with E-state index in [1.54, 1.807) is 0 Å². The second-order valence-electron chi connectivity index (χ2n) is 9.99. The first-order chi connectivity index (χ1) is 18.4. The molecule has 0 unspecified atom stereocenters. The molecule has 2 N–H and O–H groups in total. The van der Waals surface area contributed by atoms with E-state index >= 15 is 0 Å². The first-order valence-corrected chi connectivity index (χ1v) is 14.6. The maximum atomic E-state index is 12.7. The third kappa shape index (κ3) is 5.30. The van der Waals surface area contributed by atoms with Crippen LogP contribution in [0.1, 0.15) is 48.7 Å². The van der Waals surface area contributed by atoms with Crippen LogP contribution in [0.4, 0.5) is 0 Å². The van der Waals surface area contributed by atoms with Crippen molar-refractivity contribution in [2.45, 2.75) is 50.3 Å². The number of benzene rings is 2. The van der Waals surface area contributed by atoms with Crippen molar-refractivity contribution in [3.05, 3.63) is 83.8 Å². The van der Waals surface area contributed by atoms with Crippen molar-refractivity contribution in [3.63, 3.8) is 0 Å². The first kappa shape index (κ1) is 24.6. The molecule has 9 heteroatoms. The first-order valence-electron chi connectivity index (χ1n) is 12.9. The number of H-pyrrole nitrogens is 1. The van der Waals surface area contributed by atoms with Crippen molar-refractivity contribution in [1.82, 2.24) is 19.7 Å². The highest BCUT2D eigenvalue weighted by molar-refractivity contribution is 7.88. The number of aromatic nitrogens is 3. The van der Waals surface area contributed by atoms with E-state index in [1.165, 1.54) is 0 Å². The lowest BCUT2D eigenvalue weighted by atomic mass is 9.86. The summed E-state index contributed by atoms with van der Waals surface area (Å²) in [4.78, 5) is 13.4. The molecule has 0 atom stereocenters. The average Bonchev–Trinajstić information content (AvgIpc) is 3.56. The summed E-state index contributed by atoms with van der Waals surface area (Å²) in [5.41, 5.74) is 5.17. The van der Waals surface area contributed by atoms with Crippen LogP contribution in [0.3, 0.4) is 0 Å². The minimum absolute atomic E-state index is 0.00228. The molecule has 1 saturated carbocycles. The van der Waals surface area contributed by atoms with Crippen molar-refractivity contribution in [1.29, 1.82) is 0 Å². The molecule has 0 bridgehead atoms. The highest BCUT2D eigenvalue weighted by Gasteiger charge is 2.29. The SMILES string of the molecule is Cc1cccc(-c2[nH]c(C3CCC(NS(=O)(=O)Cc4ccccc4)CC3)nc2-c2ccc3c(c2)OCO3)n1. The van der Waals surface area contributed by atoms with Crippen LogP contribution < -0.4 is 14.2 Å². The Kier molecular flexibility index (Phi) is 6.63. The molecule has 2 aliphatic rings. The third-order valence-electron chi connectivity index (χ3n) is 7.17. The molecule has 2 aromatic carbocycles. The molecular formula is C29H30N4O4S. The molecule has 1 fully saturated rings. The van der Waals surface area contributed by atoms with E-state index < -0.39 is 10.0 Å². The molecule has 1 aliphatic carbocycles. The van der Waals surface area contributed by atoms with Crippen molar-refractivity contribution >= 4 is 10.0 Å². The number of fused-ring (bicyclic) bond motifs is 1. The van der Waals surface area contributed by atoms with E-state index in [0.717, 1.165) is 71.2 Å². The number of nitrogens with one attached hydrogen (secondary N) is 2. The lowest BCUT2D eigenvalue weighted by molar-refractivity contribution is 0.174. The number of hydrogen-bond donors (Lipinski definition) is 2. The standard InChI is InChI=1S/C29H30N4O4S/c1-19-6-5-9-24(30-19)28-27(22-12-15-25-26(16-22)37-18-36-25)31-29(32-28)21-10-13-23(14-11-21)33-38(34,35)17-20-7-3-2-4-8-20/h2-9,12,15-16,21,23,33H,10-11,13-14,17-18H2,1H3,(H,31,32). The van der Waals surface area contributed by atoms with Gasteiger partial charge in [-0.05, 0) is 68.5 Å². The Labute approximate surface area is 222 Å². The summed E-state index contributed by atoms with van der Waals surface area (Å²) in [7, 11) is -3.40. The molecule has 0 saturated heterocycles. The van der Waals surface area contributed by atoms with E-state index in [-0.39, 0.29) is 24.5 Å². The van der Waals surface area contributed by atoms with Gasteiger partial charge in [-0.3, -0.25) is 4.98 Å². The van der Waals surface area contributed by atoms with Crippen molar-refractivity contribution in [3.8, 4) is 34.1 Å². The van der Waals surface area contributed by atoms with Crippen molar-refractivity contribution in [2.75, 3.05) is 6.79 Å². The Bertz CT molecular complexity index is 1540. The van der Waals surface area contributed by atoms with Crippen molar-refractivity contribution < 1.29 is 17.9 Å². The minimum Gasteiger partial charge on any atom is -0.454 e. The van der Waals surface area contributed by atoms with Gasteiger partial charge < -0.3 is 14.5 Å². The number of hydrogen-bond acceptors (Lipinski definition) is 6. The van der Waals surface area contributed by atoms with Gasteiger partial charge in [-0.25, -0.2) is 18.1 Å². The molecular weight excluding hydrogens is 500 g/mol. The molecule has 0 spiro atoms. The number of pyridine rings is 1. The van der Waals surface area contributed by atoms with Crippen LogP contribution in [0.5, 0.6) is 11.5 Å². The quantitative estimate of drug-likeness (QED) is 0.335. The Morgan fingerprint density at radius 3 is 2.50 bits per heavy atom. The molecule has 8 nitrogen and oxygen atoms in total. The molecule has 196 valence electrons. The fourth-order valence-electron chi connectivity index (χ4n) is 5.28. The molecule has 0 radical (unpaired) electrons. The molecule has 0 amide bonds. The number of rotatable bonds is 7. The van der Waals surface area contributed by atoms with E-state index in [9.17, 15) is 8.42 Å². The zero-order valence-corrected chi connectivity index (χ0v) is 22.0. The summed E-state index contributed by atoms with van der Waals surface area (Å²) in [5.74, 6) is 2.54. The van der Waals surface area contributed by atoms with Crippen molar-refractivity contribution in [2.24, 2.45) is 0 Å². The monoisotopic (exact) mass is 530 g/mol. The summed E-state index contributed by atoms with van der Waals surface area (Å²) >= 11 is 0.